The highest BCUT2D eigenvalue weighted by atomic mass is 16.2. The van der Waals surface area contributed by atoms with E-state index in [1.807, 2.05) is 13.1 Å². The molecule has 160 valence electrons. The number of amides is 2. The number of aromatic nitrogens is 2. The Balaban J connectivity index is 2.64. The molecule has 0 aliphatic heterocycles. The number of carbonyl (C=O) groups is 2. The van der Waals surface area contributed by atoms with Crippen LogP contribution in [0.3, 0.4) is 0 Å². The molecule has 1 rings (SSSR count). The van der Waals surface area contributed by atoms with Crippen LogP contribution >= 0.6 is 0 Å². The quantitative estimate of drug-likeness (QED) is 0.527. The molecule has 28 heavy (non-hydrogen) atoms. The van der Waals surface area contributed by atoms with E-state index >= 15 is 0 Å². The van der Waals surface area contributed by atoms with Crippen LogP contribution < -0.4 is 5.32 Å². The predicted octanol–water partition coefficient (Wildman–Crippen LogP) is 4.65. The molecule has 0 atom stereocenters. The summed E-state index contributed by atoms with van der Waals surface area (Å²) in [7, 11) is 1.82. The van der Waals surface area contributed by atoms with Crippen LogP contribution in [0.1, 0.15) is 91.7 Å². The zero-order valence-corrected chi connectivity index (χ0v) is 18.8. The van der Waals surface area contributed by atoms with Crippen molar-refractivity contribution >= 4 is 17.6 Å². The Morgan fingerprint density at radius 3 is 2.29 bits per heavy atom. The van der Waals surface area contributed by atoms with Gasteiger partial charge in [0.2, 0.25) is 11.8 Å². The number of unbranched alkanes of at least 4 members (excludes halogenated alkanes) is 5. The van der Waals surface area contributed by atoms with Gasteiger partial charge in [-0.05, 0) is 12.8 Å². The topological polar surface area (TPSA) is 67.2 Å². The van der Waals surface area contributed by atoms with Gasteiger partial charge in [0.1, 0.15) is 5.82 Å². The minimum absolute atomic E-state index is 0.0817. The molecule has 1 N–H and O–H groups in total. The molecule has 0 aromatic carbocycles. The van der Waals surface area contributed by atoms with Gasteiger partial charge < -0.3 is 10.2 Å². The summed E-state index contributed by atoms with van der Waals surface area (Å²) in [5, 5.41) is 7.40. The summed E-state index contributed by atoms with van der Waals surface area (Å²) in [5.74, 6) is 0.580. The number of rotatable bonds is 12. The fourth-order valence-electron chi connectivity index (χ4n) is 2.99. The molecule has 0 fully saturated rings. The number of nitrogens with zero attached hydrogens (tertiary/aromatic N) is 3. The first-order chi connectivity index (χ1) is 13.2. The van der Waals surface area contributed by atoms with Crippen LogP contribution in [-0.4, -0.2) is 39.6 Å². The van der Waals surface area contributed by atoms with Gasteiger partial charge in [-0.25, -0.2) is 0 Å². The molecule has 1 aromatic heterocycles. The second-order valence-corrected chi connectivity index (χ2v) is 8.67. The van der Waals surface area contributed by atoms with Crippen molar-refractivity contribution in [3.63, 3.8) is 0 Å². The molecule has 0 unspecified atom stereocenters. The lowest BCUT2D eigenvalue weighted by Gasteiger charge is -2.22. The van der Waals surface area contributed by atoms with Gasteiger partial charge in [-0.2, -0.15) is 5.10 Å². The molecule has 1 aromatic rings. The van der Waals surface area contributed by atoms with Crippen LogP contribution in [0.2, 0.25) is 0 Å². The highest BCUT2D eigenvalue weighted by Gasteiger charge is 2.21. The summed E-state index contributed by atoms with van der Waals surface area (Å²) >= 11 is 0. The molecule has 0 aliphatic carbocycles. The lowest BCUT2D eigenvalue weighted by molar-refractivity contribution is -0.134. The monoisotopic (exact) mass is 392 g/mol. The highest BCUT2D eigenvalue weighted by Crippen LogP contribution is 2.23. The summed E-state index contributed by atoms with van der Waals surface area (Å²) in [6.45, 7) is 11.3. The lowest BCUT2D eigenvalue weighted by atomic mass is 9.92. The number of aryl methyl sites for hydroxylation is 1. The average Bonchev–Trinajstić information content (AvgIpc) is 2.99. The van der Waals surface area contributed by atoms with Crippen molar-refractivity contribution in [2.75, 3.05) is 18.4 Å². The van der Waals surface area contributed by atoms with Gasteiger partial charge in [0, 0.05) is 31.5 Å². The van der Waals surface area contributed by atoms with E-state index in [1.165, 1.54) is 19.3 Å². The van der Waals surface area contributed by atoms with Gasteiger partial charge in [-0.3, -0.25) is 14.3 Å². The van der Waals surface area contributed by atoms with E-state index in [9.17, 15) is 9.59 Å². The molecular weight excluding hydrogens is 352 g/mol. The maximum Gasteiger partial charge on any atom is 0.245 e. The van der Waals surface area contributed by atoms with Crippen LogP contribution in [0.5, 0.6) is 0 Å². The van der Waals surface area contributed by atoms with Gasteiger partial charge in [0.25, 0.3) is 0 Å². The second-order valence-electron chi connectivity index (χ2n) is 8.67. The predicted molar refractivity (Wildman–Crippen MR) is 115 cm³/mol. The minimum Gasteiger partial charge on any atom is -0.333 e. The summed E-state index contributed by atoms with van der Waals surface area (Å²) in [6, 6.07) is 1.91. The fraction of sp³-hybridized carbons (Fsp3) is 0.773. The Kier molecular flexibility index (Phi) is 10.3. The largest absolute Gasteiger partial charge is 0.333 e. The number of anilines is 1. The first kappa shape index (κ1) is 24.2. The van der Waals surface area contributed by atoms with E-state index < -0.39 is 0 Å². The van der Waals surface area contributed by atoms with E-state index in [2.05, 4.69) is 45.0 Å². The average molecular weight is 393 g/mol. The Labute approximate surface area is 171 Å². The third-order valence-corrected chi connectivity index (χ3v) is 4.88. The molecule has 2 amide bonds. The standard InChI is InChI=1S/C22H40N4O2/c1-7-9-11-12-13-14-21(28)26(15-10-8-2)17-20(27)23-19-16-18(22(3,4)5)24-25(19)6/h16H,7-15,17H2,1-6H3,(H,23,27). The Morgan fingerprint density at radius 1 is 1.07 bits per heavy atom. The van der Waals surface area contributed by atoms with Crippen LogP contribution in [0.4, 0.5) is 5.82 Å². The van der Waals surface area contributed by atoms with E-state index in [0.29, 0.717) is 18.8 Å². The lowest BCUT2D eigenvalue weighted by Crippen LogP contribution is -2.38. The van der Waals surface area contributed by atoms with Gasteiger partial charge >= 0.3 is 0 Å². The van der Waals surface area contributed by atoms with Crippen molar-refractivity contribution in [3.8, 4) is 0 Å². The third-order valence-electron chi connectivity index (χ3n) is 4.88. The van der Waals surface area contributed by atoms with E-state index in [-0.39, 0.29) is 23.8 Å². The van der Waals surface area contributed by atoms with Crippen molar-refractivity contribution in [3.05, 3.63) is 11.8 Å². The van der Waals surface area contributed by atoms with Crippen LogP contribution in [-0.2, 0) is 22.1 Å². The Hall–Kier alpha value is -1.85. The van der Waals surface area contributed by atoms with E-state index in [1.54, 1.807) is 9.58 Å². The van der Waals surface area contributed by atoms with Gasteiger partial charge in [0.05, 0.1) is 12.2 Å². The molecular formula is C22H40N4O2. The van der Waals surface area contributed by atoms with E-state index in [0.717, 1.165) is 31.4 Å². The first-order valence-electron chi connectivity index (χ1n) is 10.8. The molecule has 0 bridgehead atoms. The number of hydrogen-bond acceptors (Lipinski definition) is 3. The molecule has 6 nitrogen and oxygen atoms in total. The van der Waals surface area contributed by atoms with Gasteiger partial charge in [-0.1, -0.05) is 66.7 Å². The zero-order chi connectivity index (χ0) is 21.2. The molecule has 6 heteroatoms. The Morgan fingerprint density at radius 2 is 1.71 bits per heavy atom. The molecule has 0 radical (unpaired) electrons. The van der Waals surface area contributed by atoms with Crippen molar-refractivity contribution < 1.29 is 9.59 Å². The molecule has 0 saturated heterocycles. The van der Waals surface area contributed by atoms with Crippen LogP contribution in [0.15, 0.2) is 6.07 Å². The van der Waals surface area contributed by atoms with Crippen molar-refractivity contribution in [2.24, 2.45) is 7.05 Å². The number of hydrogen-bond donors (Lipinski definition) is 1. The first-order valence-corrected chi connectivity index (χ1v) is 10.8. The van der Waals surface area contributed by atoms with Crippen molar-refractivity contribution in [1.82, 2.24) is 14.7 Å². The zero-order valence-electron chi connectivity index (χ0n) is 18.8. The SMILES string of the molecule is CCCCCCCC(=O)N(CCCC)CC(=O)Nc1cc(C(C)(C)C)nn1C. The summed E-state index contributed by atoms with van der Waals surface area (Å²) in [4.78, 5) is 26.9. The second kappa shape index (κ2) is 11.9. The highest BCUT2D eigenvalue weighted by molar-refractivity contribution is 5.94. The molecule has 1 heterocycles. The van der Waals surface area contributed by atoms with E-state index in [4.69, 9.17) is 0 Å². The molecule has 0 saturated carbocycles. The van der Waals surface area contributed by atoms with Crippen LogP contribution in [0.25, 0.3) is 0 Å². The fourth-order valence-corrected chi connectivity index (χ4v) is 2.99. The summed E-state index contributed by atoms with van der Waals surface area (Å²) in [6.07, 6.45) is 8.01. The van der Waals surface area contributed by atoms with Gasteiger partial charge in [-0.15, -0.1) is 0 Å². The maximum absolute atomic E-state index is 12.6. The van der Waals surface area contributed by atoms with Crippen molar-refractivity contribution in [2.45, 2.75) is 91.4 Å². The minimum atomic E-state index is -0.168. The van der Waals surface area contributed by atoms with Crippen LogP contribution in [0, 0.1) is 0 Å². The van der Waals surface area contributed by atoms with Gasteiger partial charge in [0.15, 0.2) is 0 Å². The molecule has 0 aliphatic rings. The molecule has 0 spiro atoms. The number of carbonyl (C=O) groups excluding carboxylic acids is 2. The maximum atomic E-state index is 12.6. The van der Waals surface area contributed by atoms with Crippen molar-refractivity contribution in [1.29, 1.82) is 0 Å². The number of nitrogens with one attached hydrogen (secondary N) is 1. The Bertz CT molecular complexity index is 617. The summed E-state index contributed by atoms with van der Waals surface area (Å²) in [5.41, 5.74) is 0.845. The third kappa shape index (κ3) is 8.44. The smallest absolute Gasteiger partial charge is 0.245 e. The summed E-state index contributed by atoms with van der Waals surface area (Å²) < 4.78 is 1.68. The normalized spacial score (nSPS) is 11.5.